The molecule has 0 amide bonds. The van der Waals surface area contributed by atoms with Crippen molar-refractivity contribution >= 4 is 17.2 Å². The minimum atomic E-state index is 0.724. The highest BCUT2D eigenvalue weighted by molar-refractivity contribution is 5.96. The average Bonchev–Trinajstić information content (AvgIpc) is 2.97. The van der Waals surface area contributed by atoms with Gasteiger partial charge in [-0.2, -0.15) is 5.10 Å². The first-order valence-electron chi connectivity index (χ1n) is 5.78. The van der Waals surface area contributed by atoms with Crippen LogP contribution in [0.1, 0.15) is 15.9 Å². The van der Waals surface area contributed by atoms with Crippen LogP contribution in [0.4, 0.5) is 0 Å². The maximum atomic E-state index is 11.1. The van der Waals surface area contributed by atoms with Crippen LogP contribution in [0, 0.1) is 0 Å². The van der Waals surface area contributed by atoms with Crippen LogP contribution in [0.3, 0.4) is 0 Å². The van der Waals surface area contributed by atoms with Crippen molar-refractivity contribution in [2.45, 2.75) is 6.54 Å². The minimum Gasteiger partial charge on any atom is -0.342 e. The van der Waals surface area contributed by atoms with Crippen LogP contribution in [0.25, 0.3) is 10.9 Å². The maximum Gasteiger partial charge on any atom is 0.152 e. The zero-order chi connectivity index (χ0) is 12.5. The van der Waals surface area contributed by atoms with Crippen LogP contribution < -0.4 is 0 Å². The number of aldehydes is 1. The van der Waals surface area contributed by atoms with Crippen molar-refractivity contribution in [2.75, 3.05) is 0 Å². The van der Waals surface area contributed by atoms with Crippen molar-refractivity contribution in [3.05, 3.63) is 54.0 Å². The summed E-state index contributed by atoms with van der Waals surface area (Å²) in [5, 5.41) is 5.24. The van der Waals surface area contributed by atoms with Gasteiger partial charge in [0, 0.05) is 36.0 Å². The molecule has 0 N–H and O–H groups in total. The van der Waals surface area contributed by atoms with Gasteiger partial charge in [0.25, 0.3) is 0 Å². The number of carbonyl (C=O) groups is 1. The van der Waals surface area contributed by atoms with Crippen molar-refractivity contribution in [3.63, 3.8) is 0 Å². The van der Waals surface area contributed by atoms with Crippen LogP contribution in [0.15, 0.2) is 42.9 Å². The summed E-state index contributed by atoms with van der Waals surface area (Å²) in [5.41, 5.74) is 2.83. The Hall–Kier alpha value is -2.36. The van der Waals surface area contributed by atoms with E-state index < -0.39 is 0 Å². The summed E-state index contributed by atoms with van der Waals surface area (Å²) in [6.07, 6.45) is 6.73. The van der Waals surface area contributed by atoms with Crippen LogP contribution in [0.2, 0.25) is 0 Å². The SMILES string of the molecule is Cn1cc(Cn2ccc3cccc(C=O)c32)cn1. The van der Waals surface area contributed by atoms with Gasteiger partial charge in [0.05, 0.1) is 18.3 Å². The largest absolute Gasteiger partial charge is 0.342 e. The molecule has 0 aliphatic carbocycles. The zero-order valence-electron chi connectivity index (χ0n) is 10.1. The molecular weight excluding hydrogens is 226 g/mol. The first-order valence-corrected chi connectivity index (χ1v) is 5.78. The Morgan fingerprint density at radius 1 is 1.33 bits per heavy atom. The molecule has 0 saturated carbocycles. The second-order valence-electron chi connectivity index (χ2n) is 4.37. The Bertz CT molecular complexity index is 709. The van der Waals surface area contributed by atoms with Gasteiger partial charge in [-0.3, -0.25) is 9.48 Å². The summed E-state index contributed by atoms with van der Waals surface area (Å²) in [6.45, 7) is 0.724. The van der Waals surface area contributed by atoms with E-state index in [1.807, 2.05) is 49.9 Å². The van der Waals surface area contributed by atoms with Gasteiger partial charge in [-0.05, 0) is 12.1 Å². The second-order valence-corrected chi connectivity index (χ2v) is 4.37. The van der Waals surface area contributed by atoms with E-state index in [1.165, 1.54) is 0 Å². The summed E-state index contributed by atoms with van der Waals surface area (Å²) in [6, 6.07) is 7.79. The van der Waals surface area contributed by atoms with Gasteiger partial charge in [0.15, 0.2) is 6.29 Å². The molecular formula is C14H13N3O. The van der Waals surface area contributed by atoms with Crippen LogP contribution in [0.5, 0.6) is 0 Å². The van der Waals surface area contributed by atoms with E-state index in [2.05, 4.69) is 9.67 Å². The van der Waals surface area contributed by atoms with Crippen molar-refractivity contribution in [2.24, 2.45) is 7.05 Å². The summed E-state index contributed by atoms with van der Waals surface area (Å²) in [5.74, 6) is 0. The normalized spacial score (nSPS) is 10.9. The standard InChI is InChI=1S/C14H13N3O/c1-16-8-11(7-15-16)9-17-6-5-12-3-2-4-13(10-18)14(12)17/h2-8,10H,9H2,1H3. The Morgan fingerprint density at radius 2 is 2.22 bits per heavy atom. The summed E-state index contributed by atoms with van der Waals surface area (Å²) >= 11 is 0. The summed E-state index contributed by atoms with van der Waals surface area (Å²) < 4.78 is 3.86. The van der Waals surface area contributed by atoms with Crippen molar-refractivity contribution in [1.82, 2.24) is 14.3 Å². The molecule has 0 aliphatic heterocycles. The van der Waals surface area contributed by atoms with Gasteiger partial charge >= 0.3 is 0 Å². The lowest BCUT2D eigenvalue weighted by Crippen LogP contribution is -1.99. The molecule has 0 fully saturated rings. The predicted molar refractivity (Wildman–Crippen MR) is 69.6 cm³/mol. The topological polar surface area (TPSA) is 39.8 Å². The second kappa shape index (κ2) is 4.14. The van der Waals surface area contributed by atoms with Gasteiger partial charge in [-0.15, -0.1) is 0 Å². The lowest BCUT2D eigenvalue weighted by Gasteiger charge is -2.05. The number of benzene rings is 1. The maximum absolute atomic E-state index is 11.1. The molecule has 90 valence electrons. The van der Waals surface area contributed by atoms with E-state index in [-0.39, 0.29) is 0 Å². The van der Waals surface area contributed by atoms with Crippen LogP contribution in [-0.4, -0.2) is 20.6 Å². The molecule has 3 aromatic rings. The van der Waals surface area contributed by atoms with Crippen LogP contribution in [-0.2, 0) is 13.6 Å². The van der Waals surface area contributed by atoms with Gasteiger partial charge in [0.1, 0.15) is 0 Å². The van der Waals surface area contributed by atoms with Crippen molar-refractivity contribution < 1.29 is 4.79 Å². The van der Waals surface area contributed by atoms with Gasteiger partial charge in [-0.25, -0.2) is 0 Å². The molecule has 0 atom stereocenters. The molecule has 2 heterocycles. The average molecular weight is 239 g/mol. The number of para-hydroxylation sites is 1. The zero-order valence-corrected chi connectivity index (χ0v) is 10.1. The van der Waals surface area contributed by atoms with E-state index in [0.29, 0.717) is 0 Å². The number of aromatic nitrogens is 3. The smallest absolute Gasteiger partial charge is 0.152 e. The first kappa shape index (κ1) is 10.8. The van der Waals surface area contributed by atoms with E-state index in [1.54, 1.807) is 4.68 Å². The Labute approximate surface area is 104 Å². The lowest BCUT2D eigenvalue weighted by atomic mass is 10.1. The molecule has 4 heteroatoms. The summed E-state index contributed by atoms with van der Waals surface area (Å²) in [4.78, 5) is 11.1. The molecule has 2 aromatic heterocycles. The quantitative estimate of drug-likeness (QED) is 0.657. The van der Waals surface area contributed by atoms with Crippen molar-refractivity contribution in [1.29, 1.82) is 0 Å². The van der Waals surface area contributed by atoms with Crippen molar-refractivity contribution in [3.8, 4) is 0 Å². The highest BCUT2D eigenvalue weighted by Crippen LogP contribution is 2.20. The number of fused-ring (bicyclic) bond motifs is 1. The molecule has 18 heavy (non-hydrogen) atoms. The predicted octanol–water partition coefficient (Wildman–Crippen LogP) is 2.24. The molecule has 0 radical (unpaired) electrons. The van der Waals surface area contributed by atoms with Gasteiger partial charge < -0.3 is 4.57 Å². The first-order chi connectivity index (χ1) is 8.78. The molecule has 4 nitrogen and oxygen atoms in total. The third kappa shape index (κ3) is 1.72. The van der Waals surface area contributed by atoms with E-state index in [0.717, 1.165) is 34.9 Å². The fourth-order valence-corrected chi connectivity index (χ4v) is 2.27. The Morgan fingerprint density at radius 3 is 2.94 bits per heavy atom. The van der Waals surface area contributed by atoms with Crippen LogP contribution >= 0.6 is 0 Å². The molecule has 0 bridgehead atoms. The Balaban J connectivity index is 2.09. The number of aryl methyl sites for hydroxylation is 1. The lowest BCUT2D eigenvalue weighted by molar-refractivity contribution is 0.112. The van der Waals surface area contributed by atoms with E-state index >= 15 is 0 Å². The molecule has 0 aliphatic rings. The molecule has 0 saturated heterocycles. The molecule has 0 spiro atoms. The molecule has 3 rings (SSSR count). The highest BCUT2D eigenvalue weighted by atomic mass is 16.1. The monoisotopic (exact) mass is 239 g/mol. The third-order valence-corrected chi connectivity index (χ3v) is 3.06. The third-order valence-electron chi connectivity index (χ3n) is 3.06. The number of nitrogens with zero attached hydrogens (tertiary/aromatic N) is 3. The number of rotatable bonds is 3. The summed E-state index contributed by atoms with van der Waals surface area (Å²) in [7, 11) is 1.90. The van der Waals surface area contributed by atoms with Gasteiger partial charge in [0.2, 0.25) is 0 Å². The number of hydrogen-bond donors (Lipinski definition) is 0. The fraction of sp³-hybridized carbons (Fsp3) is 0.143. The van der Waals surface area contributed by atoms with E-state index in [9.17, 15) is 4.79 Å². The number of carbonyl (C=O) groups excluding carboxylic acids is 1. The van der Waals surface area contributed by atoms with E-state index in [4.69, 9.17) is 0 Å². The fourth-order valence-electron chi connectivity index (χ4n) is 2.27. The molecule has 1 aromatic carbocycles. The molecule has 0 unspecified atom stereocenters. The number of hydrogen-bond acceptors (Lipinski definition) is 2. The van der Waals surface area contributed by atoms with Gasteiger partial charge in [-0.1, -0.05) is 12.1 Å². The Kier molecular flexibility index (Phi) is 2.48. The minimum absolute atomic E-state index is 0.724. The highest BCUT2D eigenvalue weighted by Gasteiger charge is 2.07.